The van der Waals surface area contributed by atoms with E-state index in [0.29, 0.717) is 11.2 Å². The number of hydrogen-bond acceptors (Lipinski definition) is 4. The number of aliphatic hydroxyl groups excluding tert-OH is 1. The number of nitrogens with zero attached hydrogens (tertiary/aromatic N) is 2. The van der Waals surface area contributed by atoms with Gasteiger partial charge in [0.2, 0.25) is 0 Å². The molecule has 0 unspecified atom stereocenters. The van der Waals surface area contributed by atoms with Gasteiger partial charge in [-0.2, -0.15) is 0 Å². The van der Waals surface area contributed by atoms with Crippen molar-refractivity contribution in [1.29, 1.82) is 0 Å². The smallest absolute Gasteiger partial charge is 0.251 e. The topological polar surface area (TPSA) is 90.9 Å². The van der Waals surface area contributed by atoms with E-state index >= 15 is 0 Å². The highest BCUT2D eigenvalue weighted by molar-refractivity contribution is 6.08. The Balaban J connectivity index is 1.90. The van der Waals surface area contributed by atoms with Crippen LogP contribution in [0.15, 0.2) is 42.5 Å². The Hall–Kier alpha value is -2.99. The molecule has 0 aliphatic carbocycles. The lowest BCUT2D eigenvalue weighted by Gasteiger charge is -2.03. The second kappa shape index (κ2) is 5.33. The minimum Gasteiger partial charge on any atom is -0.395 e. The summed E-state index contributed by atoms with van der Waals surface area (Å²) in [5.41, 5.74) is 4.50. The van der Waals surface area contributed by atoms with Gasteiger partial charge in [-0.15, -0.1) is 0 Å². The molecule has 23 heavy (non-hydrogen) atoms. The van der Waals surface area contributed by atoms with Crippen molar-refractivity contribution in [2.75, 3.05) is 13.2 Å². The van der Waals surface area contributed by atoms with Crippen molar-refractivity contribution in [2.45, 2.75) is 0 Å². The first kappa shape index (κ1) is 13.7. The largest absolute Gasteiger partial charge is 0.395 e. The maximum atomic E-state index is 12.0. The van der Waals surface area contributed by atoms with Crippen molar-refractivity contribution in [1.82, 2.24) is 20.3 Å². The van der Waals surface area contributed by atoms with E-state index < -0.39 is 0 Å². The average Bonchev–Trinajstić information content (AvgIpc) is 2.94. The lowest BCUT2D eigenvalue weighted by molar-refractivity contribution is 0.0945. The van der Waals surface area contributed by atoms with Gasteiger partial charge in [-0.25, -0.2) is 9.97 Å². The standard InChI is InChI=1S/C17H14N4O2/c22-8-7-18-17(23)10-5-6-12-11(9-10)15-16(20-12)21-14-4-2-1-3-13(14)19-15/h1-6,9,22H,7-8H2,(H,18,23)(H,20,21). The van der Waals surface area contributed by atoms with Crippen LogP contribution >= 0.6 is 0 Å². The molecule has 0 fully saturated rings. The van der Waals surface area contributed by atoms with E-state index in [1.165, 1.54) is 0 Å². The third-order valence-electron chi connectivity index (χ3n) is 3.76. The van der Waals surface area contributed by atoms with Crippen LogP contribution in [0, 0.1) is 0 Å². The maximum absolute atomic E-state index is 12.0. The Labute approximate surface area is 131 Å². The molecule has 6 nitrogen and oxygen atoms in total. The number of para-hydroxylation sites is 2. The lowest BCUT2D eigenvalue weighted by Crippen LogP contribution is -2.26. The predicted octanol–water partition coefficient (Wildman–Crippen LogP) is 1.99. The second-order valence-electron chi connectivity index (χ2n) is 5.27. The first-order chi connectivity index (χ1) is 11.3. The number of carbonyl (C=O) groups excluding carboxylic acids is 1. The molecule has 3 N–H and O–H groups in total. The summed E-state index contributed by atoms with van der Waals surface area (Å²) < 4.78 is 0. The van der Waals surface area contributed by atoms with E-state index in [1.807, 2.05) is 30.3 Å². The van der Waals surface area contributed by atoms with Crippen molar-refractivity contribution in [3.05, 3.63) is 48.0 Å². The highest BCUT2D eigenvalue weighted by atomic mass is 16.3. The summed E-state index contributed by atoms with van der Waals surface area (Å²) in [6, 6.07) is 13.1. The van der Waals surface area contributed by atoms with Crippen molar-refractivity contribution < 1.29 is 9.90 Å². The Kier molecular flexibility index (Phi) is 3.17. The molecule has 6 heteroatoms. The Morgan fingerprint density at radius 3 is 2.70 bits per heavy atom. The molecule has 2 heterocycles. The van der Waals surface area contributed by atoms with Crippen molar-refractivity contribution in [3.8, 4) is 0 Å². The van der Waals surface area contributed by atoms with Gasteiger partial charge in [0, 0.05) is 23.0 Å². The van der Waals surface area contributed by atoms with Crippen LogP contribution in [-0.2, 0) is 0 Å². The fourth-order valence-corrected chi connectivity index (χ4v) is 2.66. The van der Waals surface area contributed by atoms with Crippen LogP contribution in [0.25, 0.3) is 33.1 Å². The molecule has 0 spiro atoms. The summed E-state index contributed by atoms with van der Waals surface area (Å²) in [6.45, 7) is 0.147. The number of H-pyrrole nitrogens is 1. The molecule has 0 saturated heterocycles. The van der Waals surface area contributed by atoms with Gasteiger partial charge in [-0.3, -0.25) is 4.79 Å². The van der Waals surface area contributed by atoms with E-state index in [2.05, 4.69) is 20.3 Å². The van der Waals surface area contributed by atoms with Gasteiger partial charge in [-0.05, 0) is 30.3 Å². The average molecular weight is 306 g/mol. The molecule has 0 saturated carbocycles. The third kappa shape index (κ3) is 2.29. The molecule has 0 aliphatic heterocycles. The van der Waals surface area contributed by atoms with Gasteiger partial charge in [0.25, 0.3) is 5.91 Å². The number of aromatic nitrogens is 3. The first-order valence-corrected chi connectivity index (χ1v) is 7.33. The summed E-state index contributed by atoms with van der Waals surface area (Å²) in [5.74, 6) is -0.218. The SMILES string of the molecule is O=C(NCCO)c1ccc2[nH]c3nc4ccccc4nc3c2c1. The molecule has 2 aromatic carbocycles. The van der Waals surface area contributed by atoms with E-state index in [4.69, 9.17) is 5.11 Å². The van der Waals surface area contributed by atoms with Crippen molar-refractivity contribution in [2.24, 2.45) is 0 Å². The van der Waals surface area contributed by atoms with Gasteiger partial charge < -0.3 is 15.4 Å². The monoisotopic (exact) mass is 306 g/mol. The molecule has 2 aromatic heterocycles. The van der Waals surface area contributed by atoms with Crippen LogP contribution < -0.4 is 5.32 Å². The summed E-state index contributed by atoms with van der Waals surface area (Å²) in [7, 11) is 0. The highest BCUT2D eigenvalue weighted by Crippen LogP contribution is 2.25. The summed E-state index contributed by atoms with van der Waals surface area (Å²) in [6.07, 6.45) is 0. The Morgan fingerprint density at radius 1 is 1.13 bits per heavy atom. The quantitative estimate of drug-likeness (QED) is 0.540. The number of nitrogens with one attached hydrogen (secondary N) is 2. The zero-order chi connectivity index (χ0) is 15.8. The van der Waals surface area contributed by atoms with Crippen LogP contribution in [0.3, 0.4) is 0 Å². The Bertz CT molecular complexity index is 1040. The van der Waals surface area contributed by atoms with E-state index in [0.717, 1.165) is 27.5 Å². The molecule has 0 atom stereocenters. The fourth-order valence-electron chi connectivity index (χ4n) is 2.66. The molecule has 0 aliphatic rings. The number of rotatable bonds is 3. The lowest BCUT2D eigenvalue weighted by atomic mass is 10.1. The molecule has 4 aromatic rings. The number of aliphatic hydroxyl groups is 1. The van der Waals surface area contributed by atoms with Crippen molar-refractivity contribution >= 4 is 39.0 Å². The van der Waals surface area contributed by atoms with E-state index in [1.54, 1.807) is 12.1 Å². The first-order valence-electron chi connectivity index (χ1n) is 7.33. The van der Waals surface area contributed by atoms with Crippen LogP contribution in [0.2, 0.25) is 0 Å². The predicted molar refractivity (Wildman–Crippen MR) is 88.3 cm³/mol. The van der Waals surface area contributed by atoms with E-state index in [-0.39, 0.29) is 19.1 Å². The number of amides is 1. The Morgan fingerprint density at radius 2 is 1.91 bits per heavy atom. The van der Waals surface area contributed by atoms with E-state index in [9.17, 15) is 4.79 Å². The molecular weight excluding hydrogens is 292 g/mol. The highest BCUT2D eigenvalue weighted by Gasteiger charge is 2.12. The van der Waals surface area contributed by atoms with Gasteiger partial charge in [0.1, 0.15) is 5.52 Å². The molecule has 0 bridgehead atoms. The van der Waals surface area contributed by atoms with Gasteiger partial charge in [0.15, 0.2) is 5.65 Å². The van der Waals surface area contributed by atoms with Gasteiger partial charge in [0.05, 0.1) is 17.6 Å². The van der Waals surface area contributed by atoms with Crippen LogP contribution in [-0.4, -0.2) is 39.1 Å². The van der Waals surface area contributed by atoms with Crippen LogP contribution in [0.1, 0.15) is 10.4 Å². The second-order valence-corrected chi connectivity index (χ2v) is 5.27. The zero-order valence-electron chi connectivity index (χ0n) is 12.2. The molecule has 1 amide bonds. The summed E-state index contributed by atoms with van der Waals surface area (Å²) >= 11 is 0. The molecular formula is C17H14N4O2. The minimum atomic E-state index is -0.218. The normalized spacial score (nSPS) is 11.3. The number of benzene rings is 2. The summed E-state index contributed by atoms with van der Waals surface area (Å²) in [4.78, 5) is 24.5. The number of fused-ring (bicyclic) bond motifs is 4. The van der Waals surface area contributed by atoms with Gasteiger partial charge >= 0.3 is 0 Å². The minimum absolute atomic E-state index is 0.0848. The fraction of sp³-hybridized carbons (Fsp3) is 0.118. The van der Waals surface area contributed by atoms with Crippen LogP contribution in [0.5, 0.6) is 0 Å². The summed E-state index contributed by atoms with van der Waals surface area (Å²) in [5, 5.41) is 12.3. The molecule has 4 rings (SSSR count). The number of aromatic amines is 1. The van der Waals surface area contributed by atoms with Crippen molar-refractivity contribution in [3.63, 3.8) is 0 Å². The van der Waals surface area contributed by atoms with Crippen LogP contribution in [0.4, 0.5) is 0 Å². The maximum Gasteiger partial charge on any atom is 0.251 e. The van der Waals surface area contributed by atoms with Gasteiger partial charge in [-0.1, -0.05) is 12.1 Å². The number of carbonyl (C=O) groups is 1. The third-order valence-corrected chi connectivity index (χ3v) is 3.76. The zero-order valence-corrected chi connectivity index (χ0v) is 12.2. The molecule has 0 radical (unpaired) electrons. The molecule has 114 valence electrons. The number of hydrogen-bond donors (Lipinski definition) is 3.